The molecular formula is C23H39F. The molecule has 3 aliphatic rings. The van der Waals surface area contributed by atoms with Crippen molar-refractivity contribution in [3.05, 3.63) is 12.7 Å². The van der Waals surface area contributed by atoms with E-state index < -0.39 is 6.17 Å². The van der Waals surface area contributed by atoms with Crippen molar-refractivity contribution >= 4 is 0 Å². The minimum absolute atomic E-state index is 0.378. The zero-order chi connectivity index (χ0) is 16.9. The summed E-state index contributed by atoms with van der Waals surface area (Å²) < 4.78 is 15.0. The van der Waals surface area contributed by atoms with E-state index in [9.17, 15) is 4.39 Å². The van der Waals surface area contributed by atoms with Gasteiger partial charge in [0.05, 0.1) is 0 Å². The van der Waals surface area contributed by atoms with E-state index in [0.29, 0.717) is 23.7 Å². The van der Waals surface area contributed by atoms with Crippen molar-refractivity contribution in [2.24, 2.45) is 35.5 Å². The Morgan fingerprint density at radius 1 is 0.833 bits per heavy atom. The largest absolute Gasteiger partial charge is 0.247 e. The highest BCUT2D eigenvalue weighted by Gasteiger charge is 2.39. The molecule has 3 saturated carbocycles. The van der Waals surface area contributed by atoms with Gasteiger partial charge in [-0.1, -0.05) is 38.7 Å². The number of rotatable bonds is 5. The molecule has 0 aliphatic heterocycles. The molecule has 138 valence electrons. The molecule has 3 unspecified atom stereocenters. The Labute approximate surface area is 149 Å². The Morgan fingerprint density at radius 3 is 2.04 bits per heavy atom. The van der Waals surface area contributed by atoms with Crippen LogP contribution in [0.25, 0.3) is 0 Å². The molecule has 1 heteroatoms. The number of hydrogen-bond acceptors (Lipinski definition) is 0. The zero-order valence-corrected chi connectivity index (χ0v) is 15.9. The minimum Gasteiger partial charge on any atom is -0.247 e. The van der Waals surface area contributed by atoms with Crippen molar-refractivity contribution in [3.8, 4) is 0 Å². The molecule has 0 N–H and O–H groups in total. The average Bonchev–Trinajstić information content (AvgIpc) is 2.63. The molecule has 0 saturated heterocycles. The van der Waals surface area contributed by atoms with Crippen molar-refractivity contribution in [2.75, 3.05) is 0 Å². The second-order valence-corrected chi connectivity index (χ2v) is 9.23. The summed E-state index contributed by atoms with van der Waals surface area (Å²) in [5, 5.41) is 0. The van der Waals surface area contributed by atoms with Crippen LogP contribution in [0.5, 0.6) is 0 Å². The van der Waals surface area contributed by atoms with Crippen LogP contribution in [0.2, 0.25) is 0 Å². The second-order valence-electron chi connectivity index (χ2n) is 9.23. The van der Waals surface area contributed by atoms with Crippen molar-refractivity contribution in [1.29, 1.82) is 0 Å². The topological polar surface area (TPSA) is 0 Å². The lowest BCUT2D eigenvalue weighted by Crippen LogP contribution is -2.36. The van der Waals surface area contributed by atoms with Gasteiger partial charge in [0.25, 0.3) is 0 Å². The van der Waals surface area contributed by atoms with Gasteiger partial charge in [-0.15, -0.1) is 6.58 Å². The molecule has 0 radical (unpaired) electrons. The average molecular weight is 335 g/mol. The number of alkyl halides is 1. The highest BCUT2D eigenvalue weighted by Crippen LogP contribution is 2.47. The molecule has 0 bridgehead atoms. The first-order chi connectivity index (χ1) is 11.7. The summed E-state index contributed by atoms with van der Waals surface area (Å²) in [5.74, 6) is 4.26. The van der Waals surface area contributed by atoms with Crippen molar-refractivity contribution in [1.82, 2.24) is 0 Å². The fourth-order valence-corrected chi connectivity index (χ4v) is 6.29. The Hall–Kier alpha value is -0.330. The molecule has 3 aliphatic carbocycles. The van der Waals surface area contributed by atoms with Gasteiger partial charge in [-0.2, -0.15) is 0 Å². The Balaban J connectivity index is 1.45. The molecule has 24 heavy (non-hydrogen) atoms. The van der Waals surface area contributed by atoms with E-state index in [4.69, 9.17) is 0 Å². The summed E-state index contributed by atoms with van der Waals surface area (Å²) in [5.41, 5.74) is 0. The van der Waals surface area contributed by atoms with Crippen LogP contribution in [0, 0.1) is 35.5 Å². The van der Waals surface area contributed by atoms with Crippen LogP contribution in [-0.4, -0.2) is 6.17 Å². The normalized spacial score (nSPS) is 44.2. The molecule has 0 aromatic rings. The molecule has 3 fully saturated rings. The third-order valence-corrected chi connectivity index (χ3v) is 7.87. The summed E-state index contributed by atoms with van der Waals surface area (Å²) >= 11 is 0. The molecule has 0 nitrogen and oxygen atoms in total. The van der Waals surface area contributed by atoms with Gasteiger partial charge >= 0.3 is 0 Å². The van der Waals surface area contributed by atoms with Gasteiger partial charge in [0.1, 0.15) is 6.17 Å². The summed E-state index contributed by atoms with van der Waals surface area (Å²) in [6.07, 6.45) is 18.3. The van der Waals surface area contributed by atoms with Crippen LogP contribution < -0.4 is 0 Å². The number of halogens is 1. The third kappa shape index (κ3) is 4.44. The predicted molar refractivity (Wildman–Crippen MR) is 102 cm³/mol. The summed E-state index contributed by atoms with van der Waals surface area (Å²) in [6.45, 7) is 6.25. The lowest BCUT2D eigenvalue weighted by Gasteiger charge is -2.43. The van der Waals surface area contributed by atoms with Gasteiger partial charge < -0.3 is 0 Å². The van der Waals surface area contributed by atoms with Gasteiger partial charge in [-0.25, -0.2) is 4.39 Å². The summed E-state index contributed by atoms with van der Waals surface area (Å²) in [7, 11) is 0. The third-order valence-electron chi connectivity index (χ3n) is 7.87. The van der Waals surface area contributed by atoms with Crippen LogP contribution >= 0.6 is 0 Å². The second kappa shape index (κ2) is 8.86. The van der Waals surface area contributed by atoms with E-state index in [0.717, 1.165) is 18.3 Å². The first kappa shape index (κ1) is 18.5. The monoisotopic (exact) mass is 334 g/mol. The van der Waals surface area contributed by atoms with Crippen LogP contribution in [0.15, 0.2) is 12.7 Å². The fourth-order valence-electron chi connectivity index (χ4n) is 6.29. The van der Waals surface area contributed by atoms with Crippen LogP contribution in [-0.2, 0) is 0 Å². The van der Waals surface area contributed by atoms with E-state index in [2.05, 4.69) is 19.6 Å². The standard InChI is InChI=1S/C23H39F/c1-3-5-18-8-10-19(11-9-18)21-14-15-22(23(24)16-21)20-12-6-17(4-2)7-13-20/h4,17-23H,2-3,5-16H2,1H3. The fraction of sp³-hybridized carbons (Fsp3) is 0.913. The van der Waals surface area contributed by atoms with E-state index in [1.54, 1.807) is 0 Å². The highest BCUT2D eigenvalue weighted by atomic mass is 19.1. The smallest absolute Gasteiger partial charge is 0.103 e. The van der Waals surface area contributed by atoms with Gasteiger partial charge in [-0.05, 0) is 93.3 Å². The van der Waals surface area contributed by atoms with E-state index in [1.807, 2.05) is 0 Å². The molecule has 0 spiro atoms. The van der Waals surface area contributed by atoms with Crippen molar-refractivity contribution < 1.29 is 4.39 Å². The zero-order valence-electron chi connectivity index (χ0n) is 15.9. The molecule has 0 amide bonds. The predicted octanol–water partition coefficient (Wildman–Crippen LogP) is 7.34. The van der Waals surface area contributed by atoms with Crippen LogP contribution in [0.3, 0.4) is 0 Å². The van der Waals surface area contributed by atoms with Crippen molar-refractivity contribution in [2.45, 2.75) is 96.6 Å². The maximum atomic E-state index is 15.0. The summed E-state index contributed by atoms with van der Waals surface area (Å²) in [4.78, 5) is 0. The van der Waals surface area contributed by atoms with Gasteiger partial charge in [0.15, 0.2) is 0 Å². The van der Waals surface area contributed by atoms with E-state index in [-0.39, 0.29) is 0 Å². The van der Waals surface area contributed by atoms with Gasteiger partial charge in [0, 0.05) is 0 Å². The van der Waals surface area contributed by atoms with Crippen LogP contribution in [0.1, 0.15) is 90.4 Å². The Morgan fingerprint density at radius 2 is 1.46 bits per heavy atom. The van der Waals surface area contributed by atoms with Gasteiger partial charge in [0.2, 0.25) is 0 Å². The molecule has 3 atom stereocenters. The quantitative estimate of drug-likeness (QED) is 0.461. The highest BCUT2D eigenvalue weighted by molar-refractivity contribution is 4.92. The molecule has 0 aromatic heterocycles. The van der Waals surface area contributed by atoms with Crippen molar-refractivity contribution in [3.63, 3.8) is 0 Å². The van der Waals surface area contributed by atoms with E-state index in [1.165, 1.54) is 77.0 Å². The summed E-state index contributed by atoms with van der Waals surface area (Å²) in [6, 6.07) is 0. The SMILES string of the molecule is C=CC1CCC(C2CCC(C3CCC(CCC)CC3)CC2F)CC1. The lowest BCUT2D eigenvalue weighted by atomic mass is 9.64. The lowest BCUT2D eigenvalue weighted by molar-refractivity contribution is 0.0352. The number of hydrogen-bond donors (Lipinski definition) is 0. The molecule has 0 heterocycles. The number of allylic oxidation sites excluding steroid dienone is 1. The maximum absolute atomic E-state index is 15.0. The minimum atomic E-state index is -0.512. The molecule has 3 rings (SSSR count). The first-order valence-corrected chi connectivity index (χ1v) is 11.0. The van der Waals surface area contributed by atoms with Crippen LogP contribution in [0.4, 0.5) is 4.39 Å². The first-order valence-electron chi connectivity index (χ1n) is 11.0. The van der Waals surface area contributed by atoms with Gasteiger partial charge in [-0.3, -0.25) is 0 Å². The Bertz CT molecular complexity index is 373. The van der Waals surface area contributed by atoms with E-state index >= 15 is 0 Å². The molecular weight excluding hydrogens is 295 g/mol. The Kier molecular flexibility index (Phi) is 6.81. The molecule has 0 aromatic carbocycles. The maximum Gasteiger partial charge on any atom is 0.103 e.